The Labute approximate surface area is 152 Å². The van der Waals surface area contributed by atoms with Crippen LogP contribution in [-0.2, 0) is 11.2 Å². The van der Waals surface area contributed by atoms with E-state index in [2.05, 4.69) is 6.58 Å². The molecule has 0 aromatic heterocycles. The molecular weight excluding hydrogens is 337 g/mol. The van der Waals surface area contributed by atoms with Gasteiger partial charge in [-0.2, -0.15) is 0 Å². The molecule has 0 radical (unpaired) electrons. The van der Waals surface area contributed by atoms with Crippen molar-refractivity contribution < 1.29 is 17.9 Å². The molecule has 1 nitrogen and oxygen atoms in total. The first kappa shape index (κ1) is 18.7. The number of benzene rings is 2. The first-order chi connectivity index (χ1) is 12.5. The molecule has 138 valence electrons. The lowest BCUT2D eigenvalue weighted by atomic mass is 9.93. The van der Waals surface area contributed by atoms with Crippen molar-refractivity contribution in [2.24, 2.45) is 5.92 Å². The van der Waals surface area contributed by atoms with Gasteiger partial charge in [0.15, 0.2) is 11.6 Å². The van der Waals surface area contributed by atoms with Crippen LogP contribution in [0.4, 0.5) is 13.2 Å². The molecule has 0 aliphatic carbocycles. The Morgan fingerprint density at radius 1 is 1.12 bits per heavy atom. The highest BCUT2D eigenvalue weighted by atomic mass is 19.2. The fourth-order valence-electron chi connectivity index (χ4n) is 3.43. The molecule has 0 spiro atoms. The molecule has 0 amide bonds. The second kappa shape index (κ2) is 8.09. The Kier molecular flexibility index (Phi) is 5.82. The molecule has 1 aliphatic rings. The molecule has 26 heavy (non-hydrogen) atoms. The van der Waals surface area contributed by atoms with Crippen LogP contribution in [0.15, 0.2) is 43.0 Å². The Bertz CT molecular complexity index is 792. The number of aryl methyl sites for hydroxylation is 1. The van der Waals surface area contributed by atoms with Crippen LogP contribution in [0.25, 0.3) is 11.1 Å². The maximum Gasteiger partial charge on any atom is 0.167 e. The molecule has 1 heterocycles. The van der Waals surface area contributed by atoms with Gasteiger partial charge in [-0.1, -0.05) is 43.7 Å². The minimum absolute atomic E-state index is 0.0629. The summed E-state index contributed by atoms with van der Waals surface area (Å²) in [6, 6.07) is 7.60. The third-order valence-corrected chi connectivity index (χ3v) is 4.99. The zero-order chi connectivity index (χ0) is 18.7. The van der Waals surface area contributed by atoms with Crippen molar-refractivity contribution in [1.29, 1.82) is 0 Å². The van der Waals surface area contributed by atoms with E-state index in [1.54, 1.807) is 18.2 Å². The maximum absolute atomic E-state index is 14.7. The standard InChI is InChI=1S/C22H23F3O/c1-3-5-15-7-8-16(12-19(15)23)17-9-10-18(22(25)21(17)24)20-11-6-14(4-2)13-26-20/h4,7-10,12,14,20H,2-3,5-6,11,13H2,1H3. The van der Waals surface area contributed by atoms with Crippen molar-refractivity contribution in [3.05, 3.63) is 71.6 Å². The number of halogens is 3. The van der Waals surface area contributed by atoms with Crippen LogP contribution < -0.4 is 0 Å². The Morgan fingerprint density at radius 2 is 1.92 bits per heavy atom. The molecule has 4 heteroatoms. The predicted octanol–water partition coefficient (Wildman–Crippen LogP) is 6.38. The predicted molar refractivity (Wildman–Crippen MR) is 97.4 cm³/mol. The van der Waals surface area contributed by atoms with E-state index in [-0.39, 0.29) is 22.9 Å². The van der Waals surface area contributed by atoms with Gasteiger partial charge < -0.3 is 4.74 Å². The molecule has 2 aromatic carbocycles. The summed E-state index contributed by atoms with van der Waals surface area (Å²) in [6.45, 7) is 6.16. The monoisotopic (exact) mass is 360 g/mol. The van der Waals surface area contributed by atoms with Gasteiger partial charge in [-0.25, -0.2) is 13.2 Å². The molecule has 2 unspecified atom stereocenters. The smallest absolute Gasteiger partial charge is 0.167 e. The van der Waals surface area contributed by atoms with Crippen LogP contribution >= 0.6 is 0 Å². The van der Waals surface area contributed by atoms with Gasteiger partial charge >= 0.3 is 0 Å². The van der Waals surface area contributed by atoms with Crippen LogP contribution in [0, 0.1) is 23.4 Å². The van der Waals surface area contributed by atoms with Gasteiger partial charge in [0.1, 0.15) is 5.82 Å². The number of hydrogen-bond acceptors (Lipinski definition) is 1. The van der Waals surface area contributed by atoms with E-state index in [0.29, 0.717) is 30.6 Å². The third kappa shape index (κ3) is 3.70. The van der Waals surface area contributed by atoms with Gasteiger partial charge in [0, 0.05) is 17.0 Å². The van der Waals surface area contributed by atoms with Crippen LogP contribution in [0.2, 0.25) is 0 Å². The highest BCUT2D eigenvalue weighted by molar-refractivity contribution is 5.65. The second-order valence-electron chi connectivity index (χ2n) is 6.78. The molecule has 2 aromatic rings. The lowest BCUT2D eigenvalue weighted by molar-refractivity contribution is -0.00732. The van der Waals surface area contributed by atoms with Crippen LogP contribution in [-0.4, -0.2) is 6.61 Å². The van der Waals surface area contributed by atoms with Crippen molar-refractivity contribution in [3.63, 3.8) is 0 Å². The largest absolute Gasteiger partial charge is 0.373 e. The molecule has 0 bridgehead atoms. The summed E-state index contributed by atoms with van der Waals surface area (Å²) >= 11 is 0. The van der Waals surface area contributed by atoms with Crippen molar-refractivity contribution in [3.8, 4) is 11.1 Å². The lowest BCUT2D eigenvalue weighted by Gasteiger charge is -2.28. The quantitative estimate of drug-likeness (QED) is 0.562. The summed E-state index contributed by atoms with van der Waals surface area (Å²) in [7, 11) is 0. The van der Waals surface area contributed by atoms with E-state index in [4.69, 9.17) is 4.74 Å². The molecule has 2 atom stereocenters. The Hall–Kier alpha value is -2.07. The van der Waals surface area contributed by atoms with Crippen LogP contribution in [0.5, 0.6) is 0 Å². The Balaban J connectivity index is 1.88. The molecular formula is C22H23F3O. The van der Waals surface area contributed by atoms with Crippen molar-refractivity contribution in [1.82, 2.24) is 0 Å². The lowest BCUT2D eigenvalue weighted by Crippen LogP contribution is -2.20. The van der Waals surface area contributed by atoms with E-state index in [9.17, 15) is 13.2 Å². The van der Waals surface area contributed by atoms with E-state index in [1.807, 2.05) is 13.0 Å². The molecule has 1 fully saturated rings. The highest BCUT2D eigenvalue weighted by Gasteiger charge is 2.26. The maximum atomic E-state index is 14.7. The van der Waals surface area contributed by atoms with Gasteiger partial charge in [0.2, 0.25) is 0 Å². The number of hydrogen-bond donors (Lipinski definition) is 0. The summed E-state index contributed by atoms with van der Waals surface area (Å²) in [5.41, 5.74) is 1.20. The SMILES string of the molecule is C=CC1CCC(c2ccc(-c3ccc(CCC)c(F)c3)c(F)c2F)OC1. The van der Waals surface area contributed by atoms with Crippen molar-refractivity contribution in [2.75, 3.05) is 6.61 Å². The van der Waals surface area contributed by atoms with Crippen molar-refractivity contribution >= 4 is 0 Å². The first-order valence-corrected chi connectivity index (χ1v) is 9.06. The fraction of sp³-hybridized carbons (Fsp3) is 0.364. The normalized spacial score (nSPS) is 20.2. The topological polar surface area (TPSA) is 9.23 Å². The van der Waals surface area contributed by atoms with Crippen molar-refractivity contribution in [2.45, 2.75) is 38.7 Å². The van der Waals surface area contributed by atoms with Gasteiger partial charge in [-0.05, 0) is 36.5 Å². The van der Waals surface area contributed by atoms with Gasteiger partial charge in [-0.15, -0.1) is 6.58 Å². The molecule has 3 rings (SSSR count). The third-order valence-electron chi connectivity index (χ3n) is 4.99. The minimum Gasteiger partial charge on any atom is -0.373 e. The second-order valence-corrected chi connectivity index (χ2v) is 6.78. The molecule has 0 N–H and O–H groups in total. The average molecular weight is 360 g/mol. The highest BCUT2D eigenvalue weighted by Crippen LogP contribution is 2.36. The van der Waals surface area contributed by atoms with E-state index in [0.717, 1.165) is 12.8 Å². The van der Waals surface area contributed by atoms with E-state index in [1.165, 1.54) is 12.1 Å². The van der Waals surface area contributed by atoms with E-state index >= 15 is 0 Å². The summed E-state index contributed by atoms with van der Waals surface area (Å²) in [5, 5.41) is 0. The van der Waals surface area contributed by atoms with Gasteiger partial charge in [0.25, 0.3) is 0 Å². The van der Waals surface area contributed by atoms with Gasteiger partial charge in [-0.3, -0.25) is 0 Å². The molecule has 1 saturated heterocycles. The minimum atomic E-state index is -0.959. The zero-order valence-electron chi connectivity index (χ0n) is 14.9. The zero-order valence-corrected chi connectivity index (χ0v) is 14.9. The molecule has 1 aliphatic heterocycles. The van der Waals surface area contributed by atoms with Crippen LogP contribution in [0.3, 0.4) is 0 Å². The fourth-order valence-corrected chi connectivity index (χ4v) is 3.43. The van der Waals surface area contributed by atoms with E-state index < -0.39 is 17.7 Å². The first-order valence-electron chi connectivity index (χ1n) is 9.06. The average Bonchev–Trinajstić information content (AvgIpc) is 2.66. The Morgan fingerprint density at radius 3 is 2.54 bits per heavy atom. The number of rotatable bonds is 5. The van der Waals surface area contributed by atoms with Crippen LogP contribution in [0.1, 0.15) is 43.4 Å². The summed E-state index contributed by atoms with van der Waals surface area (Å²) in [4.78, 5) is 0. The summed E-state index contributed by atoms with van der Waals surface area (Å²) in [6.07, 6.45) is 4.26. The summed E-state index contributed by atoms with van der Waals surface area (Å²) in [5.74, 6) is -2.01. The van der Waals surface area contributed by atoms with Gasteiger partial charge in [0.05, 0.1) is 12.7 Å². The number of ether oxygens (including phenoxy) is 1. The summed E-state index contributed by atoms with van der Waals surface area (Å²) < 4.78 is 49.1. The molecule has 0 saturated carbocycles.